The molecule has 9 nitrogen and oxygen atoms in total. The summed E-state index contributed by atoms with van der Waals surface area (Å²) in [6, 6.07) is 28.7. The van der Waals surface area contributed by atoms with E-state index in [1.54, 1.807) is 0 Å². The Morgan fingerprint density at radius 3 is 2.00 bits per heavy atom. The third kappa shape index (κ3) is 8.74. The molecule has 0 fully saturated rings. The highest BCUT2D eigenvalue weighted by atomic mass is 32.1. The van der Waals surface area contributed by atoms with E-state index in [0.717, 1.165) is 40.1 Å². The maximum absolute atomic E-state index is 13.7. The van der Waals surface area contributed by atoms with Crippen molar-refractivity contribution >= 4 is 34.4 Å². The molecule has 1 aliphatic rings. The van der Waals surface area contributed by atoms with Gasteiger partial charge in [0.25, 0.3) is 0 Å². The fourth-order valence-electron chi connectivity index (χ4n) is 6.33. The van der Waals surface area contributed by atoms with Crippen molar-refractivity contribution in [3.05, 3.63) is 118 Å². The van der Waals surface area contributed by atoms with Crippen LogP contribution in [-0.2, 0) is 32.7 Å². The molecule has 0 spiro atoms. The molecule has 4 N–H and O–H groups in total. The molecule has 1 aromatic heterocycles. The Balaban J connectivity index is 1.24. The first-order valence-electron chi connectivity index (χ1n) is 17.0. The SMILES string of the molecule is CCCN(C(=O)OC(C)(C)C)[C@H]1CCc2nc(NC(=O)[C@@H](N)CCC(=O)NC(c3ccccc3)(c3ccccc3)c3ccccc3)sc2C1. The lowest BCUT2D eigenvalue weighted by Gasteiger charge is -2.37. The molecule has 4 aromatic rings. The predicted molar refractivity (Wildman–Crippen MR) is 194 cm³/mol. The number of hydrogen-bond acceptors (Lipinski definition) is 7. The van der Waals surface area contributed by atoms with Crippen molar-refractivity contribution in [2.45, 2.75) is 89.4 Å². The van der Waals surface area contributed by atoms with Crippen molar-refractivity contribution in [1.29, 1.82) is 0 Å². The fraction of sp³-hybridized carbons (Fsp3) is 0.385. The molecule has 0 radical (unpaired) electrons. The first-order valence-corrected chi connectivity index (χ1v) is 17.8. The Morgan fingerprint density at radius 1 is 0.939 bits per heavy atom. The zero-order valence-corrected chi connectivity index (χ0v) is 29.6. The molecule has 0 saturated heterocycles. The topological polar surface area (TPSA) is 127 Å². The highest BCUT2D eigenvalue weighted by Crippen LogP contribution is 2.37. The van der Waals surface area contributed by atoms with Gasteiger partial charge in [-0.1, -0.05) is 97.9 Å². The van der Waals surface area contributed by atoms with Crippen LogP contribution in [0.1, 0.15) is 80.6 Å². The van der Waals surface area contributed by atoms with Gasteiger partial charge >= 0.3 is 6.09 Å². The van der Waals surface area contributed by atoms with E-state index >= 15 is 0 Å². The minimum atomic E-state index is -0.943. The molecule has 49 heavy (non-hydrogen) atoms. The molecule has 5 rings (SSSR count). The number of nitrogens with one attached hydrogen (secondary N) is 2. The molecule has 10 heteroatoms. The number of nitrogens with two attached hydrogens (primary N) is 1. The van der Waals surface area contributed by atoms with Crippen molar-refractivity contribution in [3.8, 4) is 0 Å². The number of rotatable bonds is 12. The van der Waals surface area contributed by atoms with Crippen LogP contribution in [-0.4, -0.2) is 52.0 Å². The number of ether oxygens (including phenoxy) is 1. The van der Waals surface area contributed by atoms with E-state index in [0.29, 0.717) is 24.5 Å². The van der Waals surface area contributed by atoms with Gasteiger partial charge in [-0.15, -0.1) is 11.3 Å². The molecule has 2 atom stereocenters. The Bertz CT molecular complexity index is 1610. The lowest BCUT2D eigenvalue weighted by molar-refractivity contribution is -0.122. The van der Waals surface area contributed by atoms with E-state index in [9.17, 15) is 14.4 Å². The van der Waals surface area contributed by atoms with Crippen LogP contribution in [0.25, 0.3) is 0 Å². The lowest BCUT2D eigenvalue weighted by atomic mass is 9.77. The van der Waals surface area contributed by atoms with Gasteiger partial charge in [-0.3, -0.25) is 9.59 Å². The van der Waals surface area contributed by atoms with Gasteiger partial charge in [0.2, 0.25) is 11.8 Å². The summed E-state index contributed by atoms with van der Waals surface area (Å²) < 4.78 is 5.69. The molecule has 3 aromatic carbocycles. The van der Waals surface area contributed by atoms with Crippen LogP contribution >= 0.6 is 11.3 Å². The smallest absolute Gasteiger partial charge is 0.410 e. The van der Waals surface area contributed by atoms with E-state index < -0.39 is 23.1 Å². The monoisotopic (exact) mass is 681 g/mol. The van der Waals surface area contributed by atoms with Gasteiger partial charge in [-0.05, 0) is 63.1 Å². The standard InChI is InChI=1S/C39H47N5O4S/c1-5-25-44(37(47)48-38(2,3)4)30-21-23-32-33(26-30)49-36(41-32)42-35(46)31(40)22-24-34(45)43-39(27-15-9-6-10-16-27,28-17-11-7-12-18-28)29-19-13-8-14-20-29/h6-20,30-31H,5,21-26,40H2,1-4H3,(H,43,45)(H,41,42,46)/t30-,31-/m0/s1. The van der Waals surface area contributed by atoms with E-state index in [4.69, 9.17) is 10.5 Å². The number of nitrogens with zero attached hydrogens (tertiary/aromatic N) is 2. The maximum Gasteiger partial charge on any atom is 0.410 e. The Hall–Kier alpha value is -4.54. The predicted octanol–water partition coefficient (Wildman–Crippen LogP) is 6.80. The molecule has 0 aliphatic heterocycles. The molecular formula is C39H47N5O4S. The number of fused-ring (bicyclic) bond motifs is 1. The summed E-state index contributed by atoms with van der Waals surface area (Å²) in [5, 5.41) is 6.68. The zero-order chi connectivity index (χ0) is 35.0. The van der Waals surface area contributed by atoms with E-state index in [2.05, 4.69) is 15.6 Å². The number of thiazole rings is 1. The highest BCUT2D eigenvalue weighted by Gasteiger charge is 2.38. The van der Waals surface area contributed by atoms with Gasteiger partial charge < -0.3 is 26.0 Å². The highest BCUT2D eigenvalue weighted by molar-refractivity contribution is 7.15. The van der Waals surface area contributed by atoms with E-state index in [1.807, 2.05) is 124 Å². The number of aromatic nitrogens is 1. The number of aryl methyl sites for hydroxylation is 1. The number of benzene rings is 3. The summed E-state index contributed by atoms with van der Waals surface area (Å²) in [5.41, 5.74) is 8.51. The van der Waals surface area contributed by atoms with Crippen LogP contribution < -0.4 is 16.4 Å². The largest absolute Gasteiger partial charge is 0.444 e. The molecule has 1 aliphatic carbocycles. The van der Waals surface area contributed by atoms with Crippen LogP contribution in [0.2, 0.25) is 0 Å². The van der Waals surface area contributed by atoms with Crippen LogP contribution in [0.4, 0.5) is 9.93 Å². The quantitative estimate of drug-likeness (QED) is 0.141. The maximum atomic E-state index is 13.7. The zero-order valence-electron chi connectivity index (χ0n) is 28.8. The Morgan fingerprint density at radius 2 is 1.49 bits per heavy atom. The minimum absolute atomic E-state index is 0.00171. The van der Waals surface area contributed by atoms with Crippen molar-refractivity contribution in [1.82, 2.24) is 15.2 Å². The molecule has 3 amide bonds. The van der Waals surface area contributed by atoms with Gasteiger partial charge in [0.15, 0.2) is 5.13 Å². The van der Waals surface area contributed by atoms with Crippen LogP contribution in [0.5, 0.6) is 0 Å². The normalized spacial score (nSPS) is 15.1. The number of carbonyl (C=O) groups excluding carboxylic acids is 3. The van der Waals surface area contributed by atoms with Crippen molar-refractivity contribution in [2.24, 2.45) is 5.73 Å². The number of anilines is 1. The van der Waals surface area contributed by atoms with Crippen LogP contribution in [0, 0.1) is 0 Å². The van der Waals surface area contributed by atoms with E-state index in [-0.39, 0.29) is 30.9 Å². The van der Waals surface area contributed by atoms with Crippen LogP contribution in [0.3, 0.4) is 0 Å². The van der Waals surface area contributed by atoms with Gasteiger partial charge in [0, 0.05) is 30.3 Å². The van der Waals surface area contributed by atoms with Gasteiger partial charge in [-0.25, -0.2) is 9.78 Å². The average molecular weight is 682 g/mol. The average Bonchev–Trinajstić information content (AvgIpc) is 3.50. The van der Waals surface area contributed by atoms with Crippen molar-refractivity contribution in [3.63, 3.8) is 0 Å². The molecule has 1 heterocycles. The van der Waals surface area contributed by atoms with Gasteiger partial charge in [0.1, 0.15) is 11.1 Å². The Labute approximate surface area is 293 Å². The van der Waals surface area contributed by atoms with E-state index in [1.165, 1.54) is 11.3 Å². The lowest BCUT2D eigenvalue weighted by Crippen LogP contribution is -2.48. The third-order valence-corrected chi connectivity index (χ3v) is 9.68. The second-order valence-electron chi connectivity index (χ2n) is 13.5. The number of carbonyl (C=O) groups is 3. The minimum Gasteiger partial charge on any atom is -0.444 e. The molecule has 258 valence electrons. The second-order valence-corrected chi connectivity index (χ2v) is 14.6. The Kier molecular flexibility index (Phi) is 11.5. The first kappa shape index (κ1) is 35.8. The third-order valence-electron chi connectivity index (χ3n) is 8.64. The van der Waals surface area contributed by atoms with Crippen LogP contribution in [0.15, 0.2) is 91.0 Å². The molecule has 0 bridgehead atoms. The second kappa shape index (κ2) is 15.8. The molecular weight excluding hydrogens is 635 g/mol. The summed E-state index contributed by atoms with van der Waals surface area (Å²) in [6.45, 7) is 8.28. The van der Waals surface area contributed by atoms with Crippen molar-refractivity contribution < 1.29 is 19.1 Å². The summed E-state index contributed by atoms with van der Waals surface area (Å²) in [7, 11) is 0. The summed E-state index contributed by atoms with van der Waals surface area (Å²) in [6.07, 6.45) is 2.86. The number of hydrogen-bond donors (Lipinski definition) is 3. The summed E-state index contributed by atoms with van der Waals surface area (Å²) in [5.74, 6) is -0.616. The number of amides is 3. The molecule has 0 unspecified atom stereocenters. The van der Waals surface area contributed by atoms with Gasteiger partial charge in [-0.2, -0.15) is 0 Å². The first-order chi connectivity index (χ1) is 23.5. The van der Waals surface area contributed by atoms with Crippen molar-refractivity contribution in [2.75, 3.05) is 11.9 Å². The fourth-order valence-corrected chi connectivity index (χ4v) is 7.41. The summed E-state index contributed by atoms with van der Waals surface area (Å²) in [4.78, 5) is 47.4. The summed E-state index contributed by atoms with van der Waals surface area (Å²) >= 11 is 1.41. The van der Waals surface area contributed by atoms with Gasteiger partial charge in [0.05, 0.1) is 11.7 Å². The molecule has 0 saturated carbocycles.